The van der Waals surface area contributed by atoms with Gasteiger partial charge in [0.25, 0.3) is 10.0 Å². The molecule has 0 aliphatic heterocycles. The number of amides is 2. The lowest BCUT2D eigenvalue weighted by Crippen LogP contribution is -2.53. The molecule has 0 aromatic heterocycles. The Morgan fingerprint density at radius 3 is 2.05 bits per heavy atom. The summed E-state index contributed by atoms with van der Waals surface area (Å²) < 4.78 is 30.1. The minimum absolute atomic E-state index is 0.0783. The number of carbonyl (C=O) groups excluding carboxylic acids is 2. The Labute approximate surface area is 274 Å². The smallest absolute Gasteiger partial charge is 0.264 e. The molecule has 4 rings (SSSR count). The number of rotatable bonds is 14. The van der Waals surface area contributed by atoms with Gasteiger partial charge in [-0.2, -0.15) is 0 Å². The summed E-state index contributed by atoms with van der Waals surface area (Å²) in [5.74, 6) is -0.746. The zero-order valence-electron chi connectivity index (χ0n) is 25.0. The Kier molecular flexibility index (Phi) is 12.0. The molecule has 2 amide bonds. The standard InChI is InChI=1S/C35H38IN3O4S/c1-3-4-23-37-35(41)33(24-28-11-7-5-8-12-28)38(25-29-17-15-27(2)16-18-29)34(40)26-39(31-21-19-30(36)20-22-31)44(42,43)32-13-9-6-10-14-32/h5-22,33H,3-4,23-26H2,1-2H3,(H,37,41). The molecule has 1 unspecified atom stereocenters. The number of halogens is 1. The second-order valence-electron chi connectivity index (χ2n) is 10.7. The van der Waals surface area contributed by atoms with Gasteiger partial charge in [0.2, 0.25) is 11.8 Å². The molecule has 0 aliphatic rings. The Bertz CT molecular complexity index is 1610. The highest BCUT2D eigenvalue weighted by atomic mass is 127. The van der Waals surface area contributed by atoms with E-state index in [1.165, 1.54) is 17.0 Å². The predicted molar refractivity (Wildman–Crippen MR) is 184 cm³/mol. The lowest BCUT2D eigenvalue weighted by atomic mass is 10.0. The molecule has 4 aromatic rings. The predicted octanol–water partition coefficient (Wildman–Crippen LogP) is 6.35. The monoisotopic (exact) mass is 723 g/mol. The van der Waals surface area contributed by atoms with Gasteiger partial charge in [-0.3, -0.25) is 13.9 Å². The van der Waals surface area contributed by atoms with Gasteiger partial charge in [0, 0.05) is 23.1 Å². The summed E-state index contributed by atoms with van der Waals surface area (Å²) in [5, 5.41) is 3.02. The SMILES string of the molecule is CCCCNC(=O)C(Cc1ccccc1)N(Cc1ccc(C)cc1)C(=O)CN(c1ccc(I)cc1)S(=O)(=O)c1ccccc1. The number of hydrogen-bond donors (Lipinski definition) is 1. The number of sulfonamides is 1. The summed E-state index contributed by atoms with van der Waals surface area (Å²) in [7, 11) is -4.11. The van der Waals surface area contributed by atoms with Gasteiger partial charge in [-0.25, -0.2) is 8.42 Å². The van der Waals surface area contributed by atoms with E-state index in [4.69, 9.17) is 0 Å². The third kappa shape index (κ3) is 8.92. The number of unbranched alkanes of at least 4 members (excludes halogenated alkanes) is 1. The molecule has 44 heavy (non-hydrogen) atoms. The van der Waals surface area contributed by atoms with Gasteiger partial charge in [-0.1, -0.05) is 91.7 Å². The Hall–Kier alpha value is -3.70. The van der Waals surface area contributed by atoms with Crippen LogP contribution in [0.3, 0.4) is 0 Å². The number of nitrogens with one attached hydrogen (secondary N) is 1. The normalized spacial score (nSPS) is 11.9. The van der Waals surface area contributed by atoms with Crippen LogP contribution in [0.2, 0.25) is 0 Å². The molecule has 7 nitrogen and oxygen atoms in total. The lowest BCUT2D eigenvalue weighted by molar-refractivity contribution is -0.140. The Morgan fingerprint density at radius 1 is 0.818 bits per heavy atom. The summed E-state index contributed by atoms with van der Waals surface area (Å²) in [4.78, 5) is 29.8. The van der Waals surface area contributed by atoms with Crippen molar-refractivity contribution < 1.29 is 18.0 Å². The summed E-state index contributed by atoms with van der Waals surface area (Å²) in [6.45, 7) is 4.19. The van der Waals surface area contributed by atoms with Crippen molar-refractivity contribution in [3.05, 3.63) is 129 Å². The van der Waals surface area contributed by atoms with E-state index in [-0.39, 0.29) is 23.8 Å². The molecule has 0 fully saturated rings. The molecule has 0 saturated heterocycles. The highest BCUT2D eigenvalue weighted by Crippen LogP contribution is 2.26. The summed E-state index contributed by atoms with van der Waals surface area (Å²) >= 11 is 2.16. The Morgan fingerprint density at radius 2 is 1.43 bits per heavy atom. The van der Waals surface area contributed by atoms with E-state index in [2.05, 4.69) is 27.9 Å². The molecule has 0 radical (unpaired) electrons. The lowest BCUT2D eigenvalue weighted by Gasteiger charge is -2.34. The molecule has 0 saturated carbocycles. The van der Waals surface area contributed by atoms with Crippen LogP contribution in [0.5, 0.6) is 0 Å². The number of nitrogens with zero attached hydrogens (tertiary/aromatic N) is 2. The van der Waals surface area contributed by atoms with Crippen molar-refractivity contribution in [2.24, 2.45) is 0 Å². The van der Waals surface area contributed by atoms with Crippen molar-refractivity contribution in [1.82, 2.24) is 10.2 Å². The molecule has 1 N–H and O–H groups in total. The zero-order chi connectivity index (χ0) is 31.5. The molecule has 9 heteroatoms. The minimum atomic E-state index is -4.11. The minimum Gasteiger partial charge on any atom is -0.354 e. The number of anilines is 1. The molecule has 230 valence electrons. The zero-order valence-corrected chi connectivity index (χ0v) is 28.0. The van der Waals surface area contributed by atoms with Gasteiger partial charge in [0.1, 0.15) is 12.6 Å². The van der Waals surface area contributed by atoms with E-state index in [1.54, 1.807) is 42.5 Å². The van der Waals surface area contributed by atoms with Crippen LogP contribution in [0.4, 0.5) is 5.69 Å². The fourth-order valence-corrected chi connectivity index (χ4v) is 6.60. The molecule has 4 aromatic carbocycles. The quantitative estimate of drug-likeness (QED) is 0.121. The molecule has 0 heterocycles. The largest absolute Gasteiger partial charge is 0.354 e. The van der Waals surface area contributed by atoms with E-state index in [0.29, 0.717) is 12.2 Å². The van der Waals surface area contributed by atoms with Crippen LogP contribution in [-0.2, 0) is 32.6 Å². The van der Waals surface area contributed by atoms with Crippen LogP contribution < -0.4 is 9.62 Å². The highest BCUT2D eigenvalue weighted by molar-refractivity contribution is 14.1. The molecule has 0 bridgehead atoms. The molecular weight excluding hydrogens is 685 g/mol. The topological polar surface area (TPSA) is 86.8 Å². The second-order valence-corrected chi connectivity index (χ2v) is 13.8. The first-order valence-electron chi connectivity index (χ1n) is 14.7. The van der Waals surface area contributed by atoms with E-state index in [1.807, 2.05) is 68.4 Å². The molecule has 0 spiro atoms. The maximum absolute atomic E-state index is 14.4. The van der Waals surface area contributed by atoms with E-state index in [0.717, 1.165) is 37.4 Å². The van der Waals surface area contributed by atoms with Gasteiger partial charge < -0.3 is 10.2 Å². The molecular formula is C35H38IN3O4S. The van der Waals surface area contributed by atoms with Crippen LogP contribution in [0, 0.1) is 10.5 Å². The number of aryl methyl sites for hydroxylation is 1. The van der Waals surface area contributed by atoms with Gasteiger partial charge in [-0.15, -0.1) is 0 Å². The average Bonchev–Trinajstić information content (AvgIpc) is 3.03. The first-order valence-corrected chi connectivity index (χ1v) is 17.2. The van der Waals surface area contributed by atoms with Crippen molar-refractivity contribution in [3.63, 3.8) is 0 Å². The van der Waals surface area contributed by atoms with Crippen LogP contribution in [0.25, 0.3) is 0 Å². The van der Waals surface area contributed by atoms with Crippen LogP contribution in [0.1, 0.15) is 36.5 Å². The fraction of sp³-hybridized carbons (Fsp3) is 0.257. The summed E-state index contributed by atoms with van der Waals surface area (Å²) in [5.41, 5.74) is 3.18. The van der Waals surface area contributed by atoms with Gasteiger partial charge in [0.05, 0.1) is 10.6 Å². The molecule has 1 atom stereocenters. The van der Waals surface area contributed by atoms with Gasteiger partial charge >= 0.3 is 0 Å². The van der Waals surface area contributed by atoms with Crippen molar-refractivity contribution >= 4 is 50.1 Å². The van der Waals surface area contributed by atoms with Gasteiger partial charge in [-0.05, 0) is 83.5 Å². The average molecular weight is 724 g/mol. The first kappa shape index (κ1) is 33.2. The summed E-state index contributed by atoms with van der Waals surface area (Å²) in [6.07, 6.45) is 2.01. The second kappa shape index (κ2) is 15.9. The van der Waals surface area contributed by atoms with Crippen molar-refractivity contribution in [3.8, 4) is 0 Å². The van der Waals surface area contributed by atoms with E-state index in [9.17, 15) is 18.0 Å². The fourth-order valence-electron chi connectivity index (χ4n) is 4.81. The summed E-state index contributed by atoms with van der Waals surface area (Å²) in [6, 6.07) is 31.6. The number of benzene rings is 4. The van der Waals surface area contributed by atoms with Crippen LogP contribution >= 0.6 is 22.6 Å². The number of carbonyl (C=O) groups is 2. The highest BCUT2D eigenvalue weighted by Gasteiger charge is 2.34. The van der Waals surface area contributed by atoms with Crippen LogP contribution in [-0.4, -0.2) is 44.3 Å². The van der Waals surface area contributed by atoms with Crippen LogP contribution in [0.15, 0.2) is 114 Å². The van der Waals surface area contributed by atoms with Crippen molar-refractivity contribution in [2.75, 3.05) is 17.4 Å². The molecule has 0 aliphatic carbocycles. The first-order chi connectivity index (χ1) is 21.2. The van der Waals surface area contributed by atoms with Crippen molar-refractivity contribution in [1.29, 1.82) is 0 Å². The Balaban J connectivity index is 1.77. The third-order valence-corrected chi connectivity index (χ3v) is 9.81. The number of hydrogen-bond acceptors (Lipinski definition) is 4. The third-order valence-electron chi connectivity index (χ3n) is 7.30. The van der Waals surface area contributed by atoms with Gasteiger partial charge in [0.15, 0.2) is 0 Å². The van der Waals surface area contributed by atoms with Crippen molar-refractivity contribution in [2.45, 2.75) is 50.6 Å². The van der Waals surface area contributed by atoms with E-state index < -0.39 is 28.5 Å². The van der Waals surface area contributed by atoms with E-state index >= 15 is 0 Å². The maximum atomic E-state index is 14.4. The maximum Gasteiger partial charge on any atom is 0.264 e.